The van der Waals surface area contributed by atoms with Gasteiger partial charge >= 0.3 is 0 Å². The Hall–Kier alpha value is -3.39. The van der Waals surface area contributed by atoms with Crippen molar-refractivity contribution in [3.05, 3.63) is 78.1 Å². The molecule has 2 rings (SSSR count). The zero-order valence-electron chi connectivity index (χ0n) is 13.1. The number of ether oxygens (including phenoxy) is 1. The SMILES string of the molecule is C=CCOc1ccc(C=C(C#N)C(=O)NCc2cccnc2)cc1. The number of hydrogen-bond acceptors (Lipinski definition) is 4. The van der Waals surface area contributed by atoms with Gasteiger partial charge < -0.3 is 10.1 Å². The van der Waals surface area contributed by atoms with Crippen LogP contribution in [0, 0.1) is 11.3 Å². The van der Waals surface area contributed by atoms with Crippen molar-refractivity contribution in [3.63, 3.8) is 0 Å². The normalized spacial score (nSPS) is 10.5. The summed E-state index contributed by atoms with van der Waals surface area (Å²) < 4.78 is 5.39. The van der Waals surface area contributed by atoms with Crippen molar-refractivity contribution in [3.8, 4) is 11.8 Å². The minimum Gasteiger partial charge on any atom is -0.490 e. The van der Waals surface area contributed by atoms with Gasteiger partial charge in [-0.3, -0.25) is 9.78 Å². The van der Waals surface area contributed by atoms with Crippen LogP contribution in [-0.4, -0.2) is 17.5 Å². The summed E-state index contributed by atoms with van der Waals surface area (Å²) in [5.74, 6) is 0.278. The van der Waals surface area contributed by atoms with Gasteiger partial charge in [-0.15, -0.1) is 0 Å². The second-order valence-electron chi connectivity index (χ2n) is 4.88. The molecule has 0 saturated heterocycles. The molecule has 24 heavy (non-hydrogen) atoms. The fourth-order valence-electron chi connectivity index (χ4n) is 1.91. The Morgan fingerprint density at radius 3 is 2.75 bits per heavy atom. The Morgan fingerprint density at radius 2 is 2.12 bits per heavy atom. The number of nitrogens with one attached hydrogen (secondary N) is 1. The molecule has 2 aromatic rings. The topological polar surface area (TPSA) is 75.0 Å². The highest BCUT2D eigenvalue weighted by Gasteiger charge is 2.08. The Morgan fingerprint density at radius 1 is 1.33 bits per heavy atom. The summed E-state index contributed by atoms with van der Waals surface area (Å²) in [6.45, 7) is 4.33. The van der Waals surface area contributed by atoms with Gasteiger partial charge in [0.1, 0.15) is 24.0 Å². The smallest absolute Gasteiger partial charge is 0.262 e. The standard InChI is InChI=1S/C19H17N3O2/c1-2-10-24-18-7-5-15(6-8-18)11-17(12-20)19(23)22-14-16-4-3-9-21-13-16/h2-9,11,13H,1,10,14H2,(H,22,23). The van der Waals surface area contributed by atoms with Crippen LogP contribution < -0.4 is 10.1 Å². The first kappa shape index (κ1) is 17.0. The first-order valence-corrected chi connectivity index (χ1v) is 7.35. The summed E-state index contributed by atoms with van der Waals surface area (Å²) in [4.78, 5) is 16.1. The third kappa shape index (κ3) is 5.11. The lowest BCUT2D eigenvalue weighted by molar-refractivity contribution is -0.117. The molecule has 0 aliphatic heterocycles. The van der Waals surface area contributed by atoms with E-state index in [-0.39, 0.29) is 5.57 Å². The van der Waals surface area contributed by atoms with Crippen molar-refractivity contribution in [1.82, 2.24) is 10.3 Å². The van der Waals surface area contributed by atoms with E-state index >= 15 is 0 Å². The van der Waals surface area contributed by atoms with E-state index in [0.717, 1.165) is 11.1 Å². The number of benzene rings is 1. The van der Waals surface area contributed by atoms with E-state index < -0.39 is 5.91 Å². The van der Waals surface area contributed by atoms with E-state index in [2.05, 4.69) is 16.9 Å². The Kier molecular flexibility index (Phi) is 6.30. The van der Waals surface area contributed by atoms with E-state index in [1.54, 1.807) is 48.8 Å². The molecular weight excluding hydrogens is 302 g/mol. The summed E-state index contributed by atoms with van der Waals surface area (Å²) in [7, 11) is 0. The van der Waals surface area contributed by atoms with Crippen molar-refractivity contribution in [1.29, 1.82) is 5.26 Å². The summed E-state index contributed by atoms with van der Waals surface area (Å²) in [5.41, 5.74) is 1.65. The Balaban J connectivity index is 2.01. The second kappa shape index (κ2) is 8.91. The molecule has 0 atom stereocenters. The van der Waals surface area contributed by atoms with Crippen LogP contribution in [0.5, 0.6) is 5.75 Å². The average molecular weight is 319 g/mol. The van der Waals surface area contributed by atoms with Crippen LogP contribution in [0.15, 0.2) is 67.0 Å². The van der Waals surface area contributed by atoms with Crippen molar-refractivity contribution < 1.29 is 9.53 Å². The van der Waals surface area contributed by atoms with Crippen molar-refractivity contribution in [2.24, 2.45) is 0 Å². The highest BCUT2D eigenvalue weighted by Crippen LogP contribution is 2.14. The predicted molar refractivity (Wildman–Crippen MR) is 91.8 cm³/mol. The van der Waals surface area contributed by atoms with Gasteiger partial charge in [0, 0.05) is 18.9 Å². The van der Waals surface area contributed by atoms with Gasteiger partial charge in [-0.2, -0.15) is 5.26 Å². The molecule has 0 spiro atoms. The molecular formula is C19H17N3O2. The van der Waals surface area contributed by atoms with Crippen LogP contribution >= 0.6 is 0 Å². The quantitative estimate of drug-likeness (QED) is 0.484. The van der Waals surface area contributed by atoms with Gasteiger partial charge in [0.25, 0.3) is 5.91 Å². The van der Waals surface area contributed by atoms with Gasteiger partial charge in [-0.05, 0) is 35.4 Å². The first-order valence-electron chi connectivity index (χ1n) is 7.35. The van der Waals surface area contributed by atoms with Crippen LogP contribution in [-0.2, 0) is 11.3 Å². The highest BCUT2D eigenvalue weighted by molar-refractivity contribution is 6.01. The third-order valence-electron chi connectivity index (χ3n) is 3.10. The monoisotopic (exact) mass is 319 g/mol. The van der Waals surface area contributed by atoms with Crippen LogP contribution in [0.2, 0.25) is 0 Å². The molecule has 0 fully saturated rings. The van der Waals surface area contributed by atoms with Gasteiger partial charge in [0.2, 0.25) is 0 Å². The minimum absolute atomic E-state index is 0.0404. The number of aromatic nitrogens is 1. The molecule has 1 aromatic carbocycles. The number of carbonyl (C=O) groups excluding carboxylic acids is 1. The van der Waals surface area contributed by atoms with Crippen molar-refractivity contribution >= 4 is 12.0 Å². The average Bonchev–Trinajstić information content (AvgIpc) is 2.64. The van der Waals surface area contributed by atoms with E-state index in [0.29, 0.717) is 18.9 Å². The summed E-state index contributed by atoms with van der Waals surface area (Å²) >= 11 is 0. The maximum Gasteiger partial charge on any atom is 0.262 e. The maximum absolute atomic E-state index is 12.1. The van der Waals surface area contributed by atoms with E-state index in [4.69, 9.17) is 4.74 Å². The van der Waals surface area contributed by atoms with Gasteiger partial charge in [-0.1, -0.05) is 30.9 Å². The van der Waals surface area contributed by atoms with Gasteiger partial charge in [0.15, 0.2) is 0 Å². The summed E-state index contributed by atoms with van der Waals surface area (Å²) in [5, 5.41) is 11.9. The molecule has 5 heteroatoms. The first-order chi connectivity index (χ1) is 11.7. The Labute approximate surface area is 140 Å². The summed E-state index contributed by atoms with van der Waals surface area (Å²) in [6.07, 6.45) is 6.52. The van der Waals surface area contributed by atoms with Crippen LogP contribution in [0.25, 0.3) is 6.08 Å². The van der Waals surface area contributed by atoms with Crippen LogP contribution in [0.3, 0.4) is 0 Å². The lowest BCUT2D eigenvalue weighted by atomic mass is 10.1. The number of rotatable bonds is 7. The molecule has 5 nitrogen and oxygen atoms in total. The predicted octanol–water partition coefficient (Wildman–Crippen LogP) is 2.87. The number of nitrogens with zero attached hydrogens (tertiary/aromatic N) is 2. The molecule has 1 N–H and O–H groups in total. The molecule has 0 saturated carbocycles. The molecule has 1 aromatic heterocycles. The number of amides is 1. The number of nitriles is 1. The van der Waals surface area contributed by atoms with Crippen molar-refractivity contribution in [2.45, 2.75) is 6.54 Å². The minimum atomic E-state index is -0.423. The van der Waals surface area contributed by atoms with Crippen molar-refractivity contribution in [2.75, 3.05) is 6.61 Å². The molecule has 120 valence electrons. The summed E-state index contributed by atoms with van der Waals surface area (Å²) in [6, 6.07) is 12.7. The zero-order valence-corrected chi connectivity index (χ0v) is 13.1. The molecule has 0 bridgehead atoms. The third-order valence-corrected chi connectivity index (χ3v) is 3.10. The van der Waals surface area contributed by atoms with Gasteiger partial charge in [-0.25, -0.2) is 0 Å². The van der Waals surface area contributed by atoms with E-state index in [1.807, 2.05) is 12.1 Å². The van der Waals surface area contributed by atoms with Gasteiger partial charge in [0.05, 0.1) is 0 Å². The number of carbonyl (C=O) groups is 1. The fourth-order valence-corrected chi connectivity index (χ4v) is 1.91. The maximum atomic E-state index is 12.1. The van der Waals surface area contributed by atoms with Crippen LogP contribution in [0.1, 0.15) is 11.1 Å². The fraction of sp³-hybridized carbons (Fsp3) is 0.105. The molecule has 1 heterocycles. The second-order valence-corrected chi connectivity index (χ2v) is 4.88. The van der Waals surface area contributed by atoms with E-state index in [9.17, 15) is 10.1 Å². The molecule has 0 aliphatic rings. The lowest BCUT2D eigenvalue weighted by Crippen LogP contribution is -2.23. The van der Waals surface area contributed by atoms with Crippen LogP contribution in [0.4, 0.5) is 0 Å². The highest BCUT2D eigenvalue weighted by atomic mass is 16.5. The molecule has 0 unspecified atom stereocenters. The van der Waals surface area contributed by atoms with E-state index in [1.165, 1.54) is 6.08 Å². The molecule has 1 amide bonds. The largest absolute Gasteiger partial charge is 0.490 e. The lowest BCUT2D eigenvalue weighted by Gasteiger charge is -2.05. The number of hydrogen-bond donors (Lipinski definition) is 1. The molecule has 0 aliphatic carbocycles. The number of pyridine rings is 1. The Bertz CT molecular complexity index is 759. The zero-order chi connectivity index (χ0) is 17.2. The molecule has 0 radical (unpaired) electrons.